The van der Waals surface area contributed by atoms with Gasteiger partial charge in [-0.3, -0.25) is 0 Å². The molecule has 0 atom stereocenters. The van der Waals surface area contributed by atoms with Crippen LogP contribution in [0.2, 0.25) is 0 Å². The van der Waals surface area contributed by atoms with Gasteiger partial charge in [0, 0.05) is 17.6 Å². The summed E-state index contributed by atoms with van der Waals surface area (Å²) in [6.07, 6.45) is 3.65. The van der Waals surface area contributed by atoms with E-state index in [0.29, 0.717) is 5.88 Å². The second kappa shape index (κ2) is 6.77. The van der Waals surface area contributed by atoms with Crippen LogP contribution >= 0.6 is 15.9 Å². The monoisotopic (exact) mass is 383 g/mol. The molecule has 4 nitrogen and oxygen atoms in total. The van der Waals surface area contributed by atoms with E-state index < -0.39 is 0 Å². The summed E-state index contributed by atoms with van der Waals surface area (Å²) in [6.45, 7) is 2.01. The molecule has 0 aliphatic carbocycles. The third kappa shape index (κ3) is 3.22. The molecule has 5 heteroatoms. The van der Waals surface area contributed by atoms with Crippen molar-refractivity contribution >= 4 is 32.8 Å². The molecule has 24 heavy (non-hydrogen) atoms. The first-order chi connectivity index (χ1) is 11.8. The maximum Gasteiger partial charge on any atom is 0.263 e. The fourth-order valence-corrected chi connectivity index (χ4v) is 3.23. The number of rotatable bonds is 3. The van der Waals surface area contributed by atoms with Crippen LogP contribution in [-0.4, -0.2) is 23.1 Å². The normalized spacial score (nSPS) is 14.8. The number of fused-ring (bicyclic) bond motifs is 1. The van der Waals surface area contributed by atoms with Crippen LogP contribution in [0.5, 0.6) is 11.6 Å². The van der Waals surface area contributed by atoms with Gasteiger partial charge in [0.05, 0.1) is 11.0 Å². The van der Waals surface area contributed by atoms with Crippen LogP contribution < -0.4 is 9.64 Å². The van der Waals surface area contributed by atoms with Crippen LogP contribution in [-0.2, 0) is 0 Å². The summed E-state index contributed by atoms with van der Waals surface area (Å²) >= 11 is 3.45. The highest BCUT2D eigenvalue weighted by atomic mass is 79.9. The third-order valence-electron chi connectivity index (χ3n) is 4.21. The van der Waals surface area contributed by atoms with E-state index >= 15 is 0 Å². The molecule has 1 aromatic heterocycles. The van der Waals surface area contributed by atoms with Crippen molar-refractivity contribution in [2.75, 3.05) is 18.0 Å². The van der Waals surface area contributed by atoms with Crippen LogP contribution in [0.15, 0.2) is 53.0 Å². The van der Waals surface area contributed by atoms with Gasteiger partial charge in [-0.05, 0) is 55.7 Å². The van der Waals surface area contributed by atoms with E-state index in [1.165, 1.54) is 19.3 Å². The average Bonchev–Trinajstić information content (AvgIpc) is 2.64. The largest absolute Gasteiger partial charge is 0.436 e. The number of piperidine rings is 1. The van der Waals surface area contributed by atoms with E-state index in [-0.39, 0.29) is 0 Å². The number of para-hydroxylation sites is 2. The molecule has 122 valence electrons. The third-order valence-corrected chi connectivity index (χ3v) is 4.73. The number of ether oxygens (including phenoxy) is 1. The number of nitrogens with zero attached hydrogens (tertiary/aromatic N) is 3. The van der Waals surface area contributed by atoms with E-state index in [1.807, 2.05) is 48.5 Å². The summed E-state index contributed by atoms with van der Waals surface area (Å²) in [5.41, 5.74) is 1.76. The lowest BCUT2D eigenvalue weighted by Gasteiger charge is -2.28. The highest BCUT2D eigenvalue weighted by Crippen LogP contribution is 2.32. The summed E-state index contributed by atoms with van der Waals surface area (Å²) in [5, 5.41) is 0. The van der Waals surface area contributed by atoms with Crippen molar-refractivity contribution in [1.82, 2.24) is 9.97 Å². The zero-order valence-electron chi connectivity index (χ0n) is 13.3. The Morgan fingerprint density at radius 2 is 1.50 bits per heavy atom. The zero-order valence-corrected chi connectivity index (χ0v) is 14.9. The van der Waals surface area contributed by atoms with Crippen molar-refractivity contribution in [3.8, 4) is 11.6 Å². The lowest BCUT2D eigenvalue weighted by atomic mass is 10.1. The Balaban J connectivity index is 1.76. The average molecular weight is 384 g/mol. The van der Waals surface area contributed by atoms with E-state index in [9.17, 15) is 0 Å². The van der Waals surface area contributed by atoms with Gasteiger partial charge in [-0.2, -0.15) is 0 Å². The molecule has 2 aromatic carbocycles. The molecule has 4 rings (SSSR count). The smallest absolute Gasteiger partial charge is 0.263 e. The Morgan fingerprint density at radius 1 is 0.833 bits per heavy atom. The van der Waals surface area contributed by atoms with E-state index in [4.69, 9.17) is 14.7 Å². The fraction of sp³-hybridized carbons (Fsp3) is 0.263. The molecule has 0 bridgehead atoms. The Kier molecular flexibility index (Phi) is 4.34. The highest BCUT2D eigenvalue weighted by molar-refractivity contribution is 9.10. The second-order valence-corrected chi connectivity index (χ2v) is 6.86. The molecule has 0 saturated carbocycles. The second-order valence-electron chi connectivity index (χ2n) is 5.94. The number of hydrogen-bond donors (Lipinski definition) is 0. The van der Waals surface area contributed by atoms with Gasteiger partial charge < -0.3 is 9.64 Å². The minimum absolute atomic E-state index is 0.581. The summed E-state index contributed by atoms with van der Waals surface area (Å²) < 4.78 is 7.11. The van der Waals surface area contributed by atoms with Crippen LogP contribution in [0.25, 0.3) is 11.0 Å². The Bertz CT molecular complexity index is 845. The van der Waals surface area contributed by atoms with Gasteiger partial charge in [-0.1, -0.05) is 28.1 Å². The zero-order chi connectivity index (χ0) is 16.4. The molecule has 1 saturated heterocycles. The van der Waals surface area contributed by atoms with Crippen LogP contribution in [0.1, 0.15) is 19.3 Å². The van der Waals surface area contributed by atoms with Gasteiger partial charge in [0.15, 0.2) is 5.82 Å². The predicted molar refractivity (Wildman–Crippen MR) is 99.8 cm³/mol. The van der Waals surface area contributed by atoms with Gasteiger partial charge in [-0.25, -0.2) is 9.97 Å². The molecule has 0 spiro atoms. The first kappa shape index (κ1) is 15.4. The van der Waals surface area contributed by atoms with Crippen LogP contribution in [0, 0.1) is 0 Å². The van der Waals surface area contributed by atoms with Crippen LogP contribution in [0.4, 0.5) is 5.82 Å². The number of benzene rings is 2. The van der Waals surface area contributed by atoms with Crippen molar-refractivity contribution in [2.45, 2.75) is 19.3 Å². The Morgan fingerprint density at radius 3 is 2.21 bits per heavy atom. The molecule has 0 unspecified atom stereocenters. The lowest BCUT2D eigenvalue weighted by Crippen LogP contribution is -2.30. The molecule has 0 radical (unpaired) electrons. The Hall–Kier alpha value is -2.14. The van der Waals surface area contributed by atoms with Gasteiger partial charge in [-0.15, -0.1) is 0 Å². The molecule has 1 aliphatic heterocycles. The van der Waals surface area contributed by atoms with Gasteiger partial charge in [0.2, 0.25) is 0 Å². The molecule has 0 amide bonds. The molecule has 1 aliphatic rings. The highest BCUT2D eigenvalue weighted by Gasteiger charge is 2.19. The SMILES string of the molecule is Brc1ccc(Oc2nc3ccccc3nc2N2CCCCC2)cc1. The predicted octanol–water partition coefficient (Wildman–Crippen LogP) is 5.17. The Labute approximate surface area is 149 Å². The first-order valence-corrected chi connectivity index (χ1v) is 9.04. The number of anilines is 1. The quantitative estimate of drug-likeness (QED) is 0.624. The van der Waals surface area contributed by atoms with Crippen molar-refractivity contribution in [2.24, 2.45) is 0 Å². The van der Waals surface area contributed by atoms with E-state index in [1.54, 1.807) is 0 Å². The van der Waals surface area contributed by atoms with Crippen molar-refractivity contribution < 1.29 is 4.74 Å². The summed E-state index contributed by atoms with van der Waals surface area (Å²) in [4.78, 5) is 11.9. The van der Waals surface area contributed by atoms with Gasteiger partial charge in [0.1, 0.15) is 5.75 Å². The van der Waals surface area contributed by atoms with Gasteiger partial charge >= 0.3 is 0 Å². The van der Waals surface area contributed by atoms with Gasteiger partial charge in [0.25, 0.3) is 5.88 Å². The fourth-order valence-electron chi connectivity index (χ4n) is 2.97. The summed E-state index contributed by atoms with van der Waals surface area (Å²) in [6, 6.07) is 15.7. The number of aromatic nitrogens is 2. The van der Waals surface area contributed by atoms with Crippen molar-refractivity contribution in [3.63, 3.8) is 0 Å². The number of halogens is 1. The molecule has 0 N–H and O–H groups in total. The van der Waals surface area contributed by atoms with Crippen molar-refractivity contribution in [1.29, 1.82) is 0 Å². The summed E-state index contributed by atoms with van der Waals surface area (Å²) in [5.74, 6) is 2.19. The minimum atomic E-state index is 0.581. The molecule has 3 aromatic rings. The molecular weight excluding hydrogens is 366 g/mol. The summed E-state index contributed by atoms with van der Waals surface area (Å²) in [7, 11) is 0. The van der Waals surface area contributed by atoms with Crippen molar-refractivity contribution in [3.05, 3.63) is 53.0 Å². The molecular formula is C19H18BrN3O. The minimum Gasteiger partial charge on any atom is -0.436 e. The molecule has 2 heterocycles. The first-order valence-electron chi connectivity index (χ1n) is 8.25. The maximum atomic E-state index is 6.09. The number of hydrogen-bond acceptors (Lipinski definition) is 4. The van der Waals surface area contributed by atoms with Crippen LogP contribution in [0.3, 0.4) is 0 Å². The topological polar surface area (TPSA) is 38.3 Å². The van der Waals surface area contributed by atoms with E-state index in [0.717, 1.165) is 40.2 Å². The molecule has 1 fully saturated rings. The standard InChI is InChI=1S/C19H18BrN3O/c20-14-8-10-15(11-9-14)24-19-18(23-12-4-1-5-13-23)21-16-6-2-3-7-17(16)22-19/h2-3,6-11H,1,4-5,12-13H2. The van der Waals surface area contributed by atoms with E-state index in [2.05, 4.69) is 20.8 Å². The maximum absolute atomic E-state index is 6.09. The lowest BCUT2D eigenvalue weighted by molar-refractivity contribution is 0.457.